The Morgan fingerprint density at radius 3 is 2.75 bits per heavy atom. The SMILES string of the molecule is COC(=O)C1CCn2c(C(=O)c3cccc(SC(C)C)c3)ccc21. The van der Waals surface area contributed by atoms with Gasteiger partial charge in [-0.1, -0.05) is 26.0 Å². The lowest BCUT2D eigenvalue weighted by atomic mass is 10.1. The Balaban J connectivity index is 1.89. The zero-order chi connectivity index (χ0) is 17.3. The van der Waals surface area contributed by atoms with Crippen LogP contribution in [0.4, 0.5) is 0 Å². The fourth-order valence-corrected chi connectivity index (χ4v) is 4.05. The van der Waals surface area contributed by atoms with Crippen molar-refractivity contribution in [2.45, 2.75) is 42.9 Å². The van der Waals surface area contributed by atoms with Gasteiger partial charge in [0.05, 0.1) is 18.7 Å². The van der Waals surface area contributed by atoms with Gasteiger partial charge in [0.1, 0.15) is 0 Å². The normalized spacial score (nSPS) is 16.2. The van der Waals surface area contributed by atoms with Crippen molar-refractivity contribution in [3.8, 4) is 0 Å². The van der Waals surface area contributed by atoms with Gasteiger partial charge in [0.2, 0.25) is 5.78 Å². The maximum atomic E-state index is 12.9. The standard InChI is InChI=1S/C19H21NO3S/c1-12(2)24-14-6-4-5-13(11-14)18(21)17-8-7-16-15(19(22)23-3)9-10-20(16)17/h4-8,11-12,15H,9-10H2,1-3H3. The van der Waals surface area contributed by atoms with Crippen LogP contribution in [0.1, 0.15) is 47.9 Å². The summed E-state index contributed by atoms with van der Waals surface area (Å²) in [6, 6.07) is 11.4. The number of rotatable bonds is 5. The van der Waals surface area contributed by atoms with Gasteiger partial charge in [-0.3, -0.25) is 9.59 Å². The van der Waals surface area contributed by atoms with Crippen LogP contribution >= 0.6 is 11.8 Å². The van der Waals surface area contributed by atoms with Crippen LogP contribution in [0.25, 0.3) is 0 Å². The molecule has 2 heterocycles. The zero-order valence-electron chi connectivity index (χ0n) is 14.1. The first-order valence-electron chi connectivity index (χ1n) is 8.10. The molecule has 0 saturated heterocycles. The Kier molecular flexibility index (Phi) is 4.81. The maximum Gasteiger partial charge on any atom is 0.314 e. The Bertz CT molecular complexity index is 779. The molecule has 1 atom stereocenters. The van der Waals surface area contributed by atoms with Gasteiger partial charge in [0.15, 0.2) is 0 Å². The molecule has 3 rings (SSSR count). The Labute approximate surface area is 146 Å². The fourth-order valence-electron chi connectivity index (χ4n) is 3.15. The molecule has 0 radical (unpaired) electrons. The van der Waals surface area contributed by atoms with E-state index in [1.807, 2.05) is 41.0 Å². The molecule has 0 bridgehead atoms. The largest absolute Gasteiger partial charge is 0.469 e. The third kappa shape index (κ3) is 3.13. The first-order valence-corrected chi connectivity index (χ1v) is 8.98. The molecule has 1 aliphatic heterocycles. The van der Waals surface area contributed by atoms with E-state index in [4.69, 9.17) is 4.74 Å². The van der Waals surface area contributed by atoms with Crippen molar-refractivity contribution in [2.24, 2.45) is 0 Å². The summed E-state index contributed by atoms with van der Waals surface area (Å²) >= 11 is 1.74. The van der Waals surface area contributed by atoms with E-state index in [2.05, 4.69) is 13.8 Å². The Morgan fingerprint density at radius 1 is 1.25 bits per heavy atom. The van der Waals surface area contributed by atoms with Gasteiger partial charge in [-0.25, -0.2) is 0 Å². The smallest absolute Gasteiger partial charge is 0.314 e. The van der Waals surface area contributed by atoms with Crippen molar-refractivity contribution in [1.82, 2.24) is 4.57 Å². The van der Waals surface area contributed by atoms with E-state index in [9.17, 15) is 9.59 Å². The van der Waals surface area contributed by atoms with Gasteiger partial charge in [-0.15, -0.1) is 11.8 Å². The van der Waals surface area contributed by atoms with E-state index in [1.54, 1.807) is 11.8 Å². The van der Waals surface area contributed by atoms with Crippen LogP contribution in [0.5, 0.6) is 0 Å². The summed E-state index contributed by atoms with van der Waals surface area (Å²) in [5, 5.41) is 0.466. The maximum absolute atomic E-state index is 12.9. The van der Waals surface area contributed by atoms with Gasteiger partial charge in [0.25, 0.3) is 0 Å². The van der Waals surface area contributed by atoms with Crippen molar-refractivity contribution in [3.63, 3.8) is 0 Å². The van der Waals surface area contributed by atoms with Crippen LogP contribution in [0.3, 0.4) is 0 Å². The molecule has 0 N–H and O–H groups in total. The van der Waals surface area contributed by atoms with Gasteiger partial charge < -0.3 is 9.30 Å². The summed E-state index contributed by atoms with van der Waals surface area (Å²) in [5.74, 6) is -0.501. The first-order chi connectivity index (χ1) is 11.5. The number of hydrogen-bond acceptors (Lipinski definition) is 4. The lowest BCUT2D eigenvalue weighted by Gasteiger charge is -2.09. The minimum atomic E-state index is -0.264. The van der Waals surface area contributed by atoms with Crippen LogP contribution in [0.2, 0.25) is 0 Å². The highest BCUT2D eigenvalue weighted by atomic mass is 32.2. The summed E-state index contributed by atoms with van der Waals surface area (Å²) in [6.07, 6.45) is 0.687. The highest BCUT2D eigenvalue weighted by molar-refractivity contribution is 7.99. The van der Waals surface area contributed by atoms with E-state index in [-0.39, 0.29) is 17.7 Å². The second-order valence-corrected chi connectivity index (χ2v) is 7.83. The number of esters is 1. The fraction of sp³-hybridized carbons (Fsp3) is 0.368. The highest BCUT2D eigenvalue weighted by Crippen LogP contribution is 2.32. The number of fused-ring (bicyclic) bond motifs is 1. The third-order valence-corrected chi connectivity index (χ3v) is 5.20. The molecule has 0 amide bonds. The molecule has 0 fully saturated rings. The quantitative estimate of drug-likeness (QED) is 0.470. The molecular formula is C19H21NO3S. The van der Waals surface area contributed by atoms with Gasteiger partial charge in [-0.2, -0.15) is 0 Å². The molecule has 0 saturated carbocycles. The monoisotopic (exact) mass is 343 g/mol. The average Bonchev–Trinajstić information content (AvgIpc) is 3.14. The summed E-state index contributed by atoms with van der Waals surface area (Å²) in [6.45, 7) is 4.93. The zero-order valence-corrected chi connectivity index (χ0v) is 14.9. The summed E-state index contributed by atoms with van der Waals surface area (Å²) < 4.78 is 6.81. The van der Waals surface area contributed by atoms with Gasteiger partial charge in [-0.05, 0) is 30.7 Å². The van der Waals surface area contributed by atoms with Crippen LogP contribution in [0, 0.1) is 0 Å². The minimum absolute atomic E-state index is 0.00188. The predicted octanol–water partition coefficient (Wildman–Crippen LogP) is 3.88. The number of thioether (sulfide) groups is 1. The first kappa shape index (κ1) is 16.8. The van der Waals surface area contributed by atoms with Gasteiger partial charge >= 0.3 is 5.97 Å². The van der Waals surface area contributed by atoms with Crippen LogP contribution in [-0.2, 0) is 16.1 Å². The molecule has 0 spiro atoms. The van der Waals surface area contributed by atoms with Crippen LogP contribution in [-0.4, -0.2) is 28.7 Å². The number of ketones is 1. The van der Waals surface area contributed by atoms with E-state index in [0.29, 0.717) is 29.5 Å². The molecule has 0 aliphatic carbocycles. The Hall–Kier alpha value is -2.01. The van der Waals surface area contributed by atoms with Crippen molar-refractivity contribution < 1.29 is 14.3 Å². The number of benzene rings is 1. The second kappa shape index (κ2) is 6.85. The van der Waals surface area contributed by atoms with Crippen molar-refractivity contribution in [1.29, 1.82) is 0 Å². The van der Waals surface area contributed by atoms with Crippen molar-refractivity contribution in [2.75, 3.05) is 7.11 Å². The number of carbonyl (C=O) groups excluding carboxylic acids is 2. The Morgan fingerprint density at radius 2 is 2.04 bits per heavy atom. The van der Waals surface area contributed by atoms with Gasteiger partial charge in [0, 0.05) is 27.9 Å². The molecular weight excluding hydrogens is 322 g/mol. The molecule has 1 unspecified atom stereocenters. The topological polar surface area (TPSA) is 48.3 Å². The number of hydrogen-bond donors (Lipinski definition) is 0. The molecule has 5 heteroatoms. The summed E-state index contributed by atoms with van der Waals surface area (Å²) in [4.78, 5) is 25.8. The second-order valence-electron chi connectivity index (χ2n) is 6.18. The molecule has 2 aromatic rings. The van der Waals surface area contributed by atoms with E-state index in [0.717, 1.165) is 10.6 Å². The molecule has 4 nitrogen and oxygen atoms in total. The molecule has 1 aromatic heterocycles. The molecule has 1 aliphatic rings. The van der Waals surface area contributed by atoms with Crippen LogP contribution in [0.15, 0.2) is 41.3 Å². The predicted molar refractivity (Wildman–Crippen MR) is 94.7 cm³/mol. The van der Waals surface area contributed by atoms with E-state index < -0.39 is 0 Å². The third-order valence-electron chi connectivity index (χ3n) is 4.20. The number of nitrogens with zero attached hydrogens (tertiary/aromatic N) is 1. The number of aromatic nitrogens is 1. The minimum Gasteiger partial charge on any atom is -0.469 e. The lowest BCUT2D eigenvalue weighted by molar-refractivity contribution is -0.142. The van der Waals surface area contributed by atoms with E-state index >= 15 is 0 Å². The lowest BCUT2D eigenvalue weighted by Crippen LogP contribution is -2.11. The van der Waals surface area contributed by atoms with Crippen molar-refractivity contribution >= 4 is 23.5 Å². The van der Waals surface area contributed by atoms with Crippen molar-refractivity contribution in [3.05, 3.63) is 53.3 Å². The van der Waals surface area contributed by atoms with E-state index in [1.165, 1.54) is 7.11 Å². The highest BCUT2D eigenvalue weighted by Gasteiger charge is 2.32. The van der Waals surface area contributed by atoms with Crippen LogP contribution < -0.4 is 0 Å². The summed E-state index contributed by atoms with van der Waals surface area (Å²) in [7, 11) is 1.40. The summed E-state index contributed by atoms with van der Waals surface area (Å²) in [5.41, 5.74) is 2.20. The number of ether oxygens (including phenoxy) is 1. The molecule has 1 aromatic carbocycles. The number of carbonyl (C=O) groups is 2. The molecule has 126 valence electrons. The molecule has 24 heavy (non-hydrogen) atoms. The average molecular weight is 343 g/mol. The number of methoxy groups -OCH3 is 1.